The maximum Gasteiger partial charge on any atom is 0.248 e. The predicted molar refractivity (Wildman–Crippen MR) is 128 cm³/mol. The quantitative estimate of drug-likeness (QED) is 0.585. The summed E-state index contributed by atoms with van der Waals surface area (Å²) in [5.74, 6) is 0.104. The minimum absolute atomic E-state index is 0.0229. The monoisotopic (exact) mass is 477 g/mol. The normalized spacial score (nSPS) is 42.3. The van der Waals surface area contributed by atoms with E-state index in [0.717, 1.165) is 37.7 Å². The number of nitrogens with zero attached hydrogens (tertiary/aromatic N) is 1. The molecule has 4 aliphatic carbocycles. The lowest BCUT2D eigenvalue weighted by molar-refractivity contribution is -0.147. The smallest absolute Gasteiger partial charge is 0.248 e. The molecule has 0 aliphatic heterocycles. The second kappa shape index (κ2) is 9.30. The SMILES string of the molecule is COCCN(C(=O)COC)C(C)C1CC[C@@]2(O)C3=CC(=O)C4CC(O)CCC4(C)C3CC[C@]12C. The molecule has 3 saturated carbocycles. The zero-order chi connectivity index (χ0) is 24.9. The summed E-state index contributed by atoms with van der Waals surface area (Å²) >= 11 is 0. The number of allylic oxidation sites excluding steroid dienone is 1. The fraction of sp³-hybridized carbons (Fsp3) is 0.852. The van der Waals surface area contributed by atoms with Crippen molar-refractivity contribution in [2.75, 3.05) is 34.0 Å². The highest BCUT2D eigenvalue weighted by Crippen LogP contribution is 2.67. The molecule has 0 aromatic carbocycles. The van der Waals surface area contributed by atoms with Gasteiger partial charge in [-0.1, -0.05) is 13.8 Å². The van der Waals surface area contributed by atoms with Crippen molar-refractivity contribution >= 4 is 11.7 Å². The first-order chi connectivity index (χ1) is 16.0. The minimum Gasteiger partial charge on any atom is -0.393 e. The molecule has 0 saturated heterocycles. The number of methoxy groups -OCH3 is 2. The van der Waals surface area contributed by atoms with Gasteiger partial charge in [0.15, 0.2) is 5.78 Å². The van der Waals surface area contributed by atoms with Crippen LogP contribution in [0.15, 0.2) is 11.6 Å². The molecule has 2 N–H and O–H groups in total. The van der Waals surface area contributed by atoms with Gasteiger partial charge < -0.3 is 24.6 Å². The average Bonchev–Trinajstić information content (AvgIpc) is 3.07. The third-order valence-electron chi connectivity index (χ3n) is 10.3. The maximum atomic E-state index is 13.3. The number of carbonyl (C=O) groups is 2. The Morgan fingerprint density at radius 3 is 2.56 bits per heavy atom. The Kier molecular flexibility index (Phi) is 7.06. The molecule has 34 heavy (non-hydrogen) atoms. The maximum absolute atomic E-state index is 13.3. The molecule has 3 fully saturated rings. The largest absolute Gasteiger partial charge is 0.393 e. The summed E-state index contributed by atoms with van der Waals surface area (Å²) in [5.41, 5.74) is -0.764. The number of rotatable bonds is 7. The molecular weight excluding hydrogens is 434 g/mol. The fourth-order valence-electron chi connectivity index (χ4n) is 8.30. The molecular formula is C27H43NO6. The van der Waals surface area contributed by atoms with E-state index in [0.29, 0.717) is 26.0 Å². The van der Waals surface area contributed by atoms with E-state index < -0.39 is 17.1 Å². The van der Waals surface area contributed by atoms with E-state index in [1.165, 1.54) is 7.11 Å². The van der Waals surface area contributed by atoms with Gasteiger partial charge in [0, 0.05) is 38.1 Å². The highest BCUT2D eigenvalue weighted by Gasteiger charge is 2.66. The van der Waals surface area contributed by atoms with Crippen molar-refractivity contribution in [3.63, 3.8) is 0 Å². The molecule has 1 amide bonds. The Hall–Kier alpha value is -1.28. The predicted octanol–water partition coefficient (Wildman–Crippen LogP) is 2.73. The Morgan fingerprint density at radius 2 is 1.88 bits per heavy atom. The van der Waals surface area contributed by atoms with Crippen molar-refractivity contribution in [3.8, 4) is 0 Å². The molecule has 0 spiro atoms. The Morgan fingerprint density at radius 1 is 1.15 bits per heavy atom. The van der Waals surface area contributed by atoms with Crippen LogP contribution in [-0.4, -0.2) is 78.5 Å². The Bertz CT molecular complexity index is 843. The molecule has 0 aromatic heterocycles. The number of amides is 1. The van der Waals surface area contributed by atoms with Crippen molar-refractivity contribution in [1.29, 1.82) is 0 Å². The highest BCUT2D eigenvalue weighted by atomic mass is 16.5. The third kappa shape index (κ3) is 3.78. The van der Waals surface area contributed by atoms with Gasteiger partial charge in [-0.25, -0.2) is 0 Å². The van der Waals surface area contributed by atoms with E-state index in [4.69, 9.17) is 9.47 Å². The molecule has 192 valence electrons. The number of ketones is 1. The van der Waals surface area contributed by atoms with Gasteiger partial charge in [-0.15, -0.1) is 0 Å². The zero-order valence-corrected chi connectivity index (χ0v) is 21.5. The number of carbonyl (C=O) groups excluding carboxylic acids is 2. The van der Waals surface area contributed by atoms with Gasteiger partial charge in [0.05, 0.1) is 18.3 Å². The standard InChI is InChI=1S/C27H43NO6/c1-17(28(12-13-33-4)24(31)16-34-5)19-8-11-27(32)21-15-23(30)22-14-18(29)6-9-25(22,2)20(21)7-10-26(19,27)3/h15,17-20,22,29,32H,6-14,16H2,1-5H3/t17?,18?,19?,20?,22?,25?,26-,27-/m1/s1. The Balaban J connectivity index is 1.66. The summed E-state index contributed by atoms with van der Waals surface area (Å²) < 4.78 is 10.4. The second-order valence-corrected chi connectivity index (χ2v) is 11.8. The van der Waals surface area contributed by atoms with Crippen LogP contribution in [0.5, 0.6) is 0 Å². The third-order valence-corrected chi connectivity index (χ3v) is 10.3. The van der Waals surface area contributed by atoms with Crippen LogP contribution in [0.3, 0.4) is 0 Å². The topological polar surface area (TPSA) is 96.3 Å². The number of aliphatic hydroxyl groups is 2. The van der Waals surface area contributed by atoms with Crippen LogP contribution in [0.2, 0.25) is 0 Å². The number of fused-ring (bicyclic) bond motifs is 5. The van der Waals surface area contributed by atoms with Crippen molar-refractivity contribution < 1.29 is 29.3 Å². The van der Waals surface area contributed by atoms with Gasteiger partial charge in [0.1, 0.15) is 6.61 Å². The van der Waals surface area contributed by atoms with Crippen molar-refractivity contribution in [1.82, 2.24) is 4.90 Å². The summed E-state index contributed by atoms with van der Waals surface area (Å²) in [5, 5.41) is 22.6. The number of ether oxygens (including phenoxy) is 2. The molecule has 0 bridgehead atoms. The number of aliphatic hydroxyl groups excluding tert-OH is 1. The van der Waals surface area contributed by atoms with E-state index in [1.807, 2.05) is 4.90 Å². The lowest BCUT2D eigenvalue weighted by Gasteiger charge is -2.60. The van der Waals surface area contributed by atoms with Crippen LogP contribution in [0, 0.1) is 28.6 Å². The summed E-state index contributed by atoms with van der Waals surface area (Å²) in [7, 11) is 3.16. The van der Waals surface area contributed by atoms with E-state index in [1.54, 1.807) is 13.2 Å². The first-order valence-corrected chi connectivity index (χ1v) is 13.0. The van der Waals surface area contributed by atoms with Gasteiger partial charge >= 0.3 is 0 Å². The number of hydrogen-bond donors (Lipinski definition) is 2. The van der Waals surface area contributed by atoms with Crippen LogP contribution in [0.25, 0.3) is 0 Å². The van der Waals surface area contributed by atoms with Crippen molar-refractivity contribution in [3.05, 3.63) is 11.6 Å². The molecule has 7 heteroatoms. The molecule has 0 aromatic rings. The number of hydrogen-bond acceptors (Lipinski definition) is 6. The van der Waals surface area contributed by atoms with Crippen LogP contribution < -0.4 is 0 Å². The van der Waals surface area contributed by atoms with Crippen LogP contribution in [-0.2, 0) is 19.1 Å². The summed E-state index contributed by atoms with van der Waals surface area (Å²) in [6, 6.07) is -0.0820. The minimum atomic E-state index is -1.05. The summed E-state index contributed by atoms with van der Waals surface area (Å²) in [6.07, 6.45) is 6.59. The van der Waals surface area contributed by atoms with Gasteiger partial charge in [-0.3, -0.25) is 9.59 Å². The van der Waals surface area contributed by atoms with Gasteiger partial charge in [-0.05, 0) is 80.8 Å². The molecule has 0 radical (unpaired) electrons. The molecule has 6 unspecified atom stereocenters. The lowest BCUT2D eigenvalue weighted by Crippen LogP contribution is -2.60. The summed E-state index contributed by atoms with van der Waals surface area (Å²) in [6.45, 7) is 7.40. The first-order valence-electron chi connectivity index (χ1n) is 13.0. The fourth-order valence-corrected chi connectivity index (χ4v) is 8.30. The molecule has 4 aliphatic rings. The molecule has 8 atom stereocenters. The van der Waals surface area contributed by atoms with E-state index in [-0.39, 0.29) is 47.5 Å². The van der Waals surface area contributed by atoms with Gasteiger partial charge in [-0.2, -0.15) is 0 Å². The van der Waals surface area contributed by atoms with E-state index in [9.17, 15) is 19.8 Å². The van der Waals surface area contributed by atoms with E-state index in [2.05, 4.69) is 20.8 Å². The van der Waals surface area contributed by atoms with Crippen molar-refractivity contribution in [2.24, 2.45) is 28.6 Å². The molecule has 4 rings (SSSR count). The average molecular weight is 478 g/mol. The highest BCUT2D eigenvalue weighted by molar-refractivity contribution is 5.95. The van der Waals surface area contributed by atoms with Crippen molar-refractivity contribution in [2.45, 2.75) is 83.5 Å². The van der Waals surface area contributed by atoms with Gasteiger partial charge in [0.2, 0.25) is 5.91 Å². The first kappa shape index (κ1) is 25.8. The lowest BCUT2D eigenvalue weighted by atomic mass is 9.46. The van der Waals surface area contributed by atoms with Gasteiger partial charge in [0.25, 0.3) is 0 Å². The second-order valence-electron chi connectivity index (χ2n) is 11.8. The zero-order valence-electron chi connectivity index (χ0n) is 21.5. The molecule has 0 heterocycles. The van der Waals surface area contributed by atoms with Crippen LogP contribution >= 0.6 is 0 Å². The Labute approximate surface area is 203 Å². The van der Waals surface area contributed by atoms with E-state index >= 15 is 0 Å². The van der Waals surface area contributed by atoms with Crippen LogP contribution in [0.4, 0.5) is 0 Å². The molecule has 7 nitrogen and oxygen atoms in total. The van der Waals surface area contributed by atoms with Crippen LogP contribution in [0.1, 0.15) is 65.7 Å². The summed E-state index contributed by atoms with van der Waals surface area (Å²) in [4.78, 5) is 28.0.